The van der Waals surface area contributed by atoms with Gasteiger partial charge in [-0.1, -0.05) is 20.8 Å². The van der Waals surface area contributed by atoms with E-state index in [1.165, 1.54) is 0 Å². The van der Waals surface area contributed by atoms with E-state index < -0.39 is 0 Å². The number of fused-ring (bicyclic) bond motifs is 1. The van der Waals surface area contributed by atoms with Gasteiger partial charge in [0.05, 0.1) is 12.1 Å². The van der Waals surface area contributed by atoms with E-state index in [2.05, 4.69) is 17.6 Å². The lowest BCUT2D eigenvalue weighted by molar-refractivity contribution is -0.124. The van der Waals surface area contributed by atoms with Gasteiger partial charge in [0.1, 0.15) is 0 Å². The molecule has 2 aliphatic heterocycles. The molecule has 0 aromatic rings. The molecule has 0 spiro atoms. The summed E-state index contributed by atoms with van der Waals surface area (Å²) in [6.45, 7) is 7.92. The van der Waals surface area contributed by atoms with Crippen molar-refractivity contribution in [2.45, 2.75) is 33.4 Å². The van der Waals surface area contributed by atoms with Gasteiger partial charge in [-0.3, -0.25) is 4.79 Å². The van der Waals surface area contributed by atoms with Gasteiger partial charge in [-0.25, -0.2) is 0 Å². The van der Waals surface area contributed by atoms with E-state index in [1.54, 1.807) is 0 Å². The summed E-state index contributed by atoms with van der Waals surface area (Å²) in [7, 11) is 0. The third kappa shape index (κ3) is 2.49. The molecule has 0 bridgehead atoms. The lowest BCUT2D eigenvalue weighted by Crippen LogP contribution is -2.55. The van der Waals surface area contributed by atoms with E-state index in [0.29, 0.717) is 18.0 Å². The number of nitrogens with one attached hydrogen (secondary N) is 2. The summed E-state index contributed by atoms with van der Waals surface area (Å²) in [5.41, 5.74) is 5.34. The molecule has 0 aromatic heterocycles. The quantitative estimate of drug-likeness (QED) is 0.586. The Morgan fingerprint density at radius 3 is 2.60 bits per heavy atom. The molecule has 4 nitrogen and oxygen atoms in total. The van der Waals surface area contributed by atoms with Crippen molar-refractivity contribution in [2.24, 2.45) is 23.5 Å². The Bertz CT molecular complexity index is 220. The van der Waals surface area contributed by atoms with Crippen LogP contribution in [0.5, 0.6) is 0 Å². The molecule has 0 radical (unpaired) electrons. The van der Waals surface area contributed by atoms with Crippen LogP contribution < -0.4 is 16.4 Å². The molecule has 4 unspecified atom stereocenters. The maximum atomic E-state index is 11.1. The average Bonchev–Trinajstić information content (AvgIpc) is 2.69. The van der Waals surface area contributed by atoms with Gasteiger partial charge < -0.3 is 16.4 Å². The molecular formula is C11H23N3O. The number of hydrogen-bond acceptors (Lipinski definition) is 3. The van der Waals surface area contributed by atoms with Gasteiger partial charge in [-0.2, -0.15) is 0 Å². The molecule has 2 heterocycles. The van der Waals surface area contributed by atoms with Crippen LogP contribution >= 0.6 is 0 Å². The van der Waals surface area contributed by atoms with E-state index in [0.717, 1.165) is 19.5 Å². The highest BCUT2D eigenvalue weighted by Crippen LogP contribution is 2.32. The number of amides is 1. The van der Waals surface area contributed by atoms with Crippen LogP contribution in [-0.4, -0.2) is 25.2 Å². The molecule has 4 heteroatoms. The van der Waals surface area contributed by atoms with Crippen LogP contribution in [0.3, 0.4) is 0 Å². The van der Waals surface area contributed by atoms with Crippen molar-refractivity contribution >= 4 is 5.91 Å². The van der Waals surface area contributed by atoms with Gasteiger partial charge >= 0.3 is 0 Å². The van der Waals surface area contributed by atoms with Crippen LogP contribution in [0.2, 0.25) is 0 Å². The van der Waals surface area contributed by atoms with Crippen molar-refractivity contribution in [3.05, 3.63) is 0 Å². The van der Waals surface area contributed by atoms with Crippen LogP contribution in [0.4, 0.5) is 0 Å². The zero-order valence-electron chi connectivity index (χ0n) is 9.92. The van der Waals surface area contributed by atoms with Gasteiger partial charge in [0.2, 0.25) is 5.91 Å². The molecule has 2 fully saturated rings. The molecule has 0 aliphatic carbocycles. The van der Waals surface area contributed by atoms with Crippen molar-refractivity contribution in [3.8, 4) is 0 Å². The Labute approximate surface area is 92.0 Å². The predicted molar refractivity (Wildman–Crippen MR) is 61.1 cm³/mol. The number of primary amides is 1. The standard InChI is InChI=1S/C9H17N3O.C2H6/c1-5-6-2-3-11-9(6)12-4-7(5)8(10)13;1-2/h5-7,9,11-12H,2-4H2,1H3,(H2,10,13);1-2H3. The molecule has 88 valence electrons. The van der Waals surface area contributed by atoms with Crippen molar-refractivity contribution in [1.29, 1.82) is 0 Å². The number of carbonyl (C=O) groups excluding carboxylic acids is 1. The zero-order chi connectivity index (χ0) is 11.4. The minimum atomic E-state index is -0.162. The monoisotopic (exact) mass is 213 g/mol. The molecule has 4 N–H and O–H groups in total. The first-order valence-corrected chi connectivity index (χ1v) is 5.96. The van der Waals surface area contributed by atoms with Gasteiger partial charge in [0.15, 0.2) is 0 Å². The second-order valence-electron chi connectivity index (χ2n) is 4.16. The van der Waals surface area contributed by atoms with Crippen LogP contribution in [0.15, 0.2) is 0 Å². The molecule has 2 aliphatic rings. The fourth-order valence-electron chi connectivity index (χ4n) is 2.61. The highest BCUT2D eigenvalue weighted by atomic mass is 16.1. The molecule has 1 amide bonds. The Kier molecular flexibility index (Phi) is 4.54. The molecule has 15 heavy (non-hydrogen) atoms. The largest absolute Gasteiger partial charge is 0.369 e. The first-order chi connectivity index (χ1) is 7.20. The molecule has 2 rings (SSSR count). The fourth-order valence-corrected chi connectivity index (χ4v) is 2.61. The third-order valence-electron chi connectivity index (χ3n) is 3.50. The highest BCUT2D eigenvalue weighted by molar-refractivity contribution is 5.77. The predicted octanol–water partition coefficient (Wildman–Crippen LogP) is 0.289. The lowest BCUT2D eigenvalue weighted by Gasteiger charge is -2.37. The SMILES string of the molecule is CC.CC1C(C(N)=O)CNC2NCCC21. The van der Waals surface area contributed by atoms with Crippen molar-refractivity contribution in [1.82, 2.24) is 10.6 Å². The summed E-state index contributed by atoms with van der Waals surface area (Å²) >= 11 is 0. The summed E-state index contributed by atoms with van der Waals surface area (Å²) in [4.78, 5) is 11.1. The average molecular weight is 213 g/mol. The molecule has 4 atom stereocenters. The molecule has 0 saturated carbocycles. The zero-order valence-corrected chi connectivity index (χ0v) is 9.92. The first kappa shape index (κ1) is 12.5. The van der Waals surface area contributed by atoms with E-state index in [4.69, 9.17) is 5.73 Å². The number of hydrogen-bond donors (Lipinski definition) is 3. The smallest absolute Gasteiger partial charge is 0.222 e. The summed E-state index contributed by atoms with van der Waals surface area (Å²) in [5.74, 6) is 0.844. The van der Waals surface area contributed by atoms with Crippen LogP contribution in [0.1, 0.15) is 27.2 Å². The van der Waals surface area contributed by atoms with E-state index >= 15 is 0 Å². The maximum absolute atomic E-state index is 11.1. The second-order valence-corrected chi connectivity index (χ2v) is 4.16. The Morgan fingerprint density at radius 2 is 2.00 bits per heavy atom. The van der Waals surface area contributed by atoms with Crippen LogP contribution in [0, 0.1) is 17.8 Å². The topological polar surface area (TPSA) is 67.2 Å². The Hall–Kier alpha value is -0.610. The summed E-state index contributed by atoms with van der Waals surface area (Å²) < 4.78 is 0. The molecular weight excluding hydrogens is 190 g/mol. The van der Waals surface area contributed by atoms with E-state index in [-0.39, 0.29) is 11.8 Å². The summed E-state index contributed by atoms with van der Waals surface area (Å²) in [5, 5.41) is 6.72. The summed E-state index contributed by atoms with van der Waals surface area (Å²) in [6.07, 6.45) is 1.56. The second kappa shape index (κ2) is 5.47. The van der Waals surface area contributed by atoms with Gasteiger partial charge in [0, 0.05) is 6.54 Å². The highest BCUT2D eigenvalue weighted by Gasteiger charge is 2.40. The fraction of sp³-hybridized carbons (Fsp3) is 0.909. The summed E-state index contributed by atoms with van der Waals surface area (Å²) in [6, 6.07) is 0. The van der Waals surface area contributed by atoms with Gasteiger partial charge in [-0.05, 0) is 24.8 Å². The number of piperidine rings is 1. The van der Waals surface area contributed by atoms with Crippen molar-refractivity contribution in [2.75, 3.05) is 13.1 Å². The van der Waals surface area contributed by atoms with E-state index in [1.807, 2.05) is 13.8 Å². The van der Waals surface area contributed by atoms with Crippen molar-refractivity contribution < 1.29 is 4.79 Å². The first-order valence-electron chi connectivity index (χ1n) is 5.96. The minimum Gasteiger partial charge on any atom is -0.369 e. The number of rotatable bonds is 1. The van der Waals surface area contributed by atoms with Gasteiger partial charge in [-0.15, -0.1) is 0 Å². The van der Waals surface area contributed by atoms with Crippen LogP contribution in [0.25, 0.3) is 0 Å². The van der Waals surface area contributed by atoms with Crippen LogP contribution in [-0.2, 0) is 4.79 Å². The van der Waals surface area contributed by atoms with Gasteiger partial charge in [0.25, 0.3) is 0 Å². The Morgan fingerprint density at radius 1 is 1.33 bits per heavy atom. The molecule has 0 aromatic carbocycles. The number of nitrogens with two attached hydrogens (primary N) is 1. The maximum Gasteiger partial charge on any atom is 0.222 e. The minimum absolute atomic E-state index is 0.0150. The third-order valence-corrected chi connectivity index (χ3v) is 3.50. The Balaban J connectivity index is 0.000000531. The molecule has 2 saturated heterocycles. The lowest BCUT2D eigenvalue weighted by atomic mass is 9.77. The van der Waals surface area contributed by atoms with E-state index in [9.17, 15) is 4.79 Å². The number of carbonyl (C=O) groups is 1. The normalized spacial score (nSPS) is 38.9. The van der Waals surface area contributed by atoms with Crippen molar-refractivity contribution in [3.63, 3.8) is 0 Å².